The molecule has 5 rings (SSSR count). The number of ether oxygens (including phenoxy) is 3. The summed E-state index contributed by atoms with van der Waals surface area (Å²) in [6.45, 7) is 0.314. The largest absolute Gasteiger partial charge is 0.504 e. The SMILES string of the molecule is O=C(N[C@@H](Cc1ccc(O)c(OCc2ccccc2)c1)C(=O)N[C@@H](Cc1ccc(O)c(OCc2ccccc2)c1)C(=O)O)OCc1ccccc1. The molecule has 0 fully saturated rings. The molecule has 11 nitrogen and oxygen atoms in total. The molecule has 0 aliphatic heterocycles. The van der Waals surface area contributed by atoms with Gasteiger partial charge in [0, 0.05) is 12.8 Å². The molecule has 5 aromatic carbocycles. The minimum Gasteiger partial charge on any atom is -0.504 e. The van der Waals surface area contributed by atoms with Crippen molar-refractivity contribution < 1.29 is 43.9 Å². The number of carbonyl (C=O) groups excluding carboxylic acids is 2. The molecule has 2 atom stereocenters. The average Bonchev–Trinajstić information content (AvgIpc) is 3.15. The summed E-state index contributed by atoms with van der Waals surface area (Å²) in [4.78, 5) is 39.0. The molecule has 0 saturated carbocycles. The van der Waals surface area contributed by atoms with Crippen LogP contribution in [0.15, 0.2) is 127 Å². The van der Waals surface area contributed by atoms with Gasteiger partial charge >= 0.3 is 12.1 Å². The van der Waals surface area contributed by atoms with Crippen molar-refractivity contribution in [2.75, 3.05) is 0 Å². The van der Waals surface area contributed by atoms with Crippen LogP contribution in [0.2, 0.25) is 0 Å². The van der Waals surface area contributed by atoms with Gasteiger partial charge in [-0.2, -0.15) is 0 Å². The lowest BCUT2D eigenvalue weighted by Crippen LogP contribution is -2.53. The fourth-order valence-electron chi connectivity index (χ4n) is 5.13. The molecule has 5 N–H and O–H groups in total. The predicted octanol–water partition coefficient (Wildman–Crippen LogP) is 5.91. The second-order valence-corrected chi connectivity index (χ2v) is 11.7. The summed E-state index contributed by atoms with van der Waals surface area (Å²) in [5, 5.41) is 36.0. The number of aromatic hydroxyl groups is 2. The third kappa shape index (κ3) is 11.0. The van der Waals surface area contributed by atoms with E-state index in [-0.39, 0.29) is 55.7 Å². The van der Waals surface area contributed by atoms with Gasteiger partial charge in [0.15, 0.2) is 23.0 Å². The molecule has 5 aromatic rings. The van der Waals surface area contributed by atoms with Gasteiger partial charge in [-0.05, 0) is 52.1 Å². The molecule has 0 spiro atoms. The second kappa shape index (κ2) is 17.8. The quantitative estimate of drug-likeness (QED) is 0.0848. The lowest BCUT2D eigenvalue weighted by molar-refractivity contribution is -0.142. The highest BCUT2D eigenvalue weighted by atomic mass is 16.5. The monoisotopic (exact) mass is 690 g/mol. The van der Waals surface area contributed by atoms with Crippen molar-refractivity contribution in [3.63, 3.8) is 0 Å². The number of phenols is 2. The van der Waals surface area contributed by atoms with E-state index in [1.165, 1.54) is 24.3 Å². The Hall–Kier alpha value is -6.49. The van der Waals surface area contributed by atoms with E-state index in [0.29, 0.717) is 11.1 Å². The summed E-state index contributed by atoms with van der Waals surface area (Å²) in [5.74, 6) is -2.00. The molecule has 0 aromatic heterocycles. The number of rotatable bonds is 16. The maximum atomic E-state index is 13.7. The van der Waals surface area contributed by atoms with E-state index < -0.39 is 30.1 Å². The molecule has 51 heavy (non-hydrogen) atoms. The van der Waals surface area contributed by atoms with Gasteiger partial charge in [0.25, 0.3) is 0 Å². The number of aliphatic carboxylic acids is 1. The van der Waals surface area contributed by atoms with E-state index in [0.717, 1.165) is 16.7 Å². The highest BCUT2D eigenvalue weighted by Crippen LogP contribution is 2.29. The van der Waals surface area contributed by atoms with E-state index >= 15 is 0 Å². The molecular weight excluding hydrogens is 652 g/mol. The number of carboxylic acids is 1. The first kappa shape index (κ1) is 35.8. The van der Waals surface area contributed by atoms with E-state index in [4.69, 9.17) is 14.2 Å². The standard InChI is InChI=1S/C40H38N2O9/c43-34-18-16-30(22-36(34)49-24-27-10-4-1-5-11-27)20-32(42-40(48)51-26-29-14-8-3-9-15-29)38(45)41-33(39(46)47)21-31-17-19-35(44)37(23-31)50-25-28-12-6-2-7-13-28/h1-19,22-23,32-33,43-44H,20-21,24-26H2,(H,41,45)(H,42,48)(H,46,47)/t32-,33-/m0/s1. The van der Waals surface area contributed by atoms with E-state index in [1.807, 2.05) is 66.7 Å². The number of phenolic OH excluding ortho intramolecular Hbond substituents is 2. The summed E-state index contributed by atoms with van der Waals surface area (Å²) >= 11 is 0. The van der Waals surface area contributed by atoms with Gasteiger partial charge < -0.3 is 40.2 Å². The minimum absolute atomic E-state index is 0.0506. The summed E-state index contributed by atoms with van der Waals surface area (Å²) in [6.07, 6.45) is -1.12. The van der Waals surface area contributed by atoms with Gasteiger partial charge in [-0.25, -0.2) is 9.59 Å². The predicted molar refractivity (Wildman–Crippen MR) is 188 cm³/mol. The number of nitrogens with one attached hydrogen (secondary N) is 2. The first-order chi connectivity index (χ1) is 24.7. The maximum Gasteiger partial charge on any atom is 0.408 e. The zero-order valence-electron chi connectivity index (χ0n) is 27.6. The number of benzene rings is 5. The van der Waals surface area contributed by atoms with Crippen LogP contribution < -0.4 is 20.1 Å². The van der Waals surface area contributed by atoms with E-state index in [2.05, 4.69) is 10.6 Å². The topological polar surface area (TPSA) is 164 Å². The number of carboxylic acid groups (broad SMARTS) is 1. The number of alkyl carbamates (subject to hydrolysis) is 1. The van der Waals surface area contributed by atoms with Gasteiger partial charge in [0.05, 0.1) is 0 Å². The van der Waals surface area contributed by atoms with E-state index in [1.54, 1.807) is 36.4 Å². The molecule has 0 heterocycles. The van der Waals surface area contributed by atoms with Gasteiger partial charge in [-0.3, -0.25) is 4.79 Å². The Morgan fingerprint density at radius 2 is 0.961 bits per heavy atom. The van der Waals surface area contributed by atoms with E-state index in [9.17, 15) is 29.7 Å². The minimum atomic E-state index is -1.40. The average molecular weight is 691 g/mol. The maximum absolute atomic E-state index is 13.7. The molecule has 0 aliphatic rings. The van der Waals surface area contributed by atoms with Crippen LogP contribution in [0.1, 0.15) is 27.8 Å². The third-order valence-corrected chi connectivity index (χ3v) is 7.84. The highest BCUT2D eigenvalue weighted by Gasteiger charge is 2.28. The fourth-order valence-corrected chi connectivity index (χ4v) is 5.13. The Morgan fingerprint density at radius 3 is 1.41 bits per heavy atom. The molecule has 0 radical (unpaired) electrons. The van der Waals surface area contributed by atoms with Crippen LogP contribution in [0.3, 0.4) is 0 Å². The third-order valence-electron chi connectivity index (χ3n) is 7.84. The van der Waals surface area contributed by atoms with Crippen LogP contribution in [0.4, 0.5) is 4.79 Å². The van der Waals surface area contributed by atoms with Crippen molar-refractivity contribution in [2.45, 2.75) is 44.7 Å². The van der Waals surface area contributed by atoms with Crippen molar-refractivity contribution >= 4 is 18.0 Å². The summed E-state index contributed by atoms with van der Waals surface area (Å²) in [5.41, 5.74) is 3.49. The first-order valence-corrected chi connectivity index (χ1v) is 16.2. The Labute approximate surface area is 295 Å². The number of carbonyl (C=O) groups is 3. The number of amides is 2. The Kier molecular flexibility index (Phi) is 12.5. The van der Waals surface area contributed by atoms with Gasteiger partial charge in [0.2, 0.25) is 5.91 Å². The van der Waals surface area contributed by atoms with Crippen molar-refractivity contribution in [1.29, 1.82) is 0 Å². The lowest BCUT2D eigenvalue weighted by atomic mass is 10.0. The van der Waals surface area contributed by atoms with Crippen LogP contribution in [-0.4, -0.2) is 45.4 Å². The summed E-state index contributed by atoms with van der Waals surface area (Å²) in [6, 6.07) is 34.0. The van der Waals surface area contributed by atoms with Crippen LogP contribution in [0, 0.1) is 0 Å². The molecular formula is C40H38N2O9. The highest BCUT2D eigenvalue weighted by molar-refractivity contribution is 5.89. The number of hydrogen-bond donors (Lipinski definition) is 5. The Bertz CT molecular complexity index is 1900. The molecule has 0 bridgehead atoms. The fraction of sp³-hybridized carbons (Fsp3) is 0.175. The first-order valence-electron chi connectivity index (χ1n) is 16.2. The Balaban J connectivity index is 1.30. The summed E-state index contributed by atoms with van der Waals surface area (Å²) < 4.78 is 17.0. The molecule has 0 saturated heterocycles. The molecule has 0 aliphatic carbocycles. The van der Waals surface area contributed by atoms with Crippen LogP contribution in [-0.2, 0) is 47.0 Å². The second-order valence-electron chi connectivity index (χ2n) is 11.7. The van der Waals surface area contributed by atoms with Crippen molar-refractivity contribution in [3.05, 3.63) is 155 Å². The Morgan fingerprint density at radius 1 is 0.529 bits per heavy atom. The summed E-state index contributed by atoms with van der Waals surface area (Å²) in [7, 11) is 0. The molecule has 0 unspecified atom stereocenters. The van der Waals surface area contributed by atoms with Crippen LogP contribution in [0.25, 0.3) is 0 Å². The van der Waals surface area contributed by atoms with Crippen molar-refractivity contribution in [1.82, 2.24) is 10.6 Å². The van der Waals surface area contributed by atoms with Crippen molar-refractivity contribution in [3.8, 4) is 23.0 Å². The van der Waals surface area contributed by atoms with Crippen LogP contribution in [0.5, 0.6) is 23.0 Å². The molecule has 11 heteroatoms. The van der Waals surface area contributed by atoms with Crippen LogP contribution >= 0.6 is 0 Å². The zero-order chi connectivity index (χ0) is 36.0. The number of hydrogen-bond acceptors (Lipinski definition) is 8. The molecule has 262 valence electrons. The molecule has 2 amide bonds. The van der Waals surface area contributed by atoms with Gasteiger partial charge in [-0.1, -0.05) is 103 Å². The van der Waals surface area contributed by atoms with Crippen molar-refractivity contribution in [2.24, 2.45) is 0 Å². The lowest BCUT2D eigenvalue weighted by Gasteiger charge is -2.22. The van der Waals surface area contributed by atoms with Gasteiger partial charge in [0.1, 0.15) is 31.9 Å². The zero-order valence-corrected chi connectivity index (χ0v) is 27.6. The van der Waals surface area contributed by atoms with Gasteiger partial charge in [-0.15, -0.1) is 0 Å². The normalized spacial score (nSPS) is 11.8. The smallest absolute Gasteiger partial charge is 0.408 e.